The Balaban J connectivity index is 3.49. The van der Waals surface area contributed by atoms with Crippen LogP contribution in [0.5, 0.6) is 0 Å². The molecule has 0 heterocycles. The molecule has 0 aliphatic heterocycles. The normalized spacial score (nSPS) is 8.12. The van der Waals surface area contributed by atoms with E-state index in [9.17, 15) is 9.59 Å². The Morgan fingerprint density at radius 2 is 2.12 bits per heavy atom. The van der Waals surface area contributed by atoms with Gasteiger partial charge >= 0.3 is 11.8 Å². The van der Waals surface area contributed by atoms with Gasteiger partial charge in [-0.25, -0.2) is 0 Å². The molecule has 0 saturated heterocycles. The smallest absolute Gasteiger partial charge is 0.327 e. The molecule has 0 bridgehead atoms. The van der Waals surface area contributed by atoms with Crippen molar-refractivity contribution in [3.8, 4) is 0 Å². The molecule has 0 aliphatic rings. The van der Waals surface area contributed by atoms with Gasteiger partial charge in [-0.2, -0.15) is 0 Å². The minimum absolute atomic E-state index is 0.392. The minimum atomic E-state index is -1.19. The molecule has 0 atom stereocenters. The average molecular weight is 115 g/mol. The van der Waals surface area contributed by atoms with Crippen molar-refractivity contribution in [3.63, 3.8) is 0 Å². The SMILES string of the molecule is CCNC(=O)C([NH])=O. The van der Waals surface area contributed by atoms with Gasteiger partial charge in [0.25, 0.3) is 0 Å². The lowest BCUT2D eigenvalue weighted by molar-refractivity contribution is -0.137. The van der Waals surface area contributed by atoms with E-state index in [1.807, 2.05) is 0 Å². The number of rotatable bonds is 1. The highest BCUT2D eigenvalue weighted by atomic mass is 16.2. The van der Waals surface area contributed by atoms with E-state index in [0.29, 0.717) is 6.54 Å². The summed E-state index contributed by atoms with van der Waals surface area (Å²) in [5.74, 6) is -2.03. The summed E-state index contributed by atoms with van der Waals surface area (Å²) in [6.07, 6.45) is 0. The van der Waals surface area contributed by atoms with Crippen LogP contribution in [0.3, 0.4) is 0 Å². The van der Waals surface area contributed by atoms with Crippen LogP contribution in [0.1, 0.15) is 6.92 Å². The number of carbonyl (C=O) groups excluding carboxylic acids is 2. The Morgan fingerprint density at radius 3 is 2.25 bits per heavy atom. The summed E-state index contributed by atoms with van der Waals surface area (Å²) in [4.78, 5) is 19.9. The summed E-state index contributed by atoms with van der Waals surface area (Å²) >= 11 is 0. The molecular weight excluding hydrogens is 108 g/mol. The number of hydrogen-bond donors (Lipinski definition) is 1. The van der Waals surface area contributed by atoms with Crippen molar-refractivity contribution < 1.29 is 9.59 Å². The molecule has 0 aromatic carbocycles. The second kappa shape index (κ2) is 3.01. The maximum absolute atomic E-state index is 10.1. The Kier molecular flexibility index (Phi) is 2.61. The molecule has 0 aromatic rings. The standard InChI is InChI=1S/C4H7N2O2/c1-2-6-4(8)3(5)7/h5H,2H2,1H3,(H,6,8). The van der Waals surface area contributed by atoms with E-state index < -0.39 is 11.8 Å². The first kappa shape index (κ1) is 6.94. The second-order valence-electron chi connectivity index (χ2n) is 1.19. The van der Waals surface area contributed by atoms with Crippen LogP contribution in [-0.4, -0.2) is 18.4 Å². The van der Waals surface area contributed by atoms with Crippen molar-refractivity contribution in [3.05, 3.63) is 0 Å². The first-order chi connectivity index (χ1) is 3.68. The quantitative estimate of drug-likeness (QED) is 0.442. The zero-order valence-corrected chi connectivity index (χ0v) is 4.52. The van der Waals surface area contributed by atoms with Gasteiger partial charge in [0.15, 0.2) is 0 Å². The fraction of sp³-hybridized carbons (Fsp3) is 0.500. The summed E-state index contributed by atoms with van der Waals surface area (Å²) in [5.41, 5.74) is 6.24. The molecule has 2 amide bonds. The van der Waals surface area contributed by atoms with Gasteiger partial charge in [0.05, 0.1) is 0 Å². The Hall–Kier alpha value is -1.06. The van der Waals surface area contributed by atoms with Crippen molar-refractivity contribution in [1.82, 2.24) is 11.1 Å². The van der Waals surface area contributed by atoms with Crippen LogP contribution in [0.25, 0.3) is 0 Å². The van der Waals surface area contributed by atoms with Gasteiger partial charge in [-0.15, -0.1) is 0 Å². The molecule has 2 N–H and O–H groups in total. The zero-order chi connectivity index (χ0) is 6.57. The molecule has 45 valence electrons. The minimum Gasteiger partial charge on any atom is -0.348 e. The predicted octanol–water partition coefficient (Wildman–Crippen LogP) is -1.07. The van der Waals surface area contributed by atoms with E-state index in [4.69, 9.17) is 5.73 Å². The first-order valence-electron chi connectivity index (χ1n) is 2.22. The predicted molar refractivity (Wildman–Crippen MR) is 26.8 cm³/mol. The summed E-state index contributed by atoms with van der Waals surface area (Å²) in [7, 11) is 0. The third-order valence-corrected chi connectivity index (χ3v) is 0.544. The zero-order valence-electron chi connectivity index (χ0n) is 4.52. The molecule has 1 radical (unpaired) electrons. The molecule has 0 aromatic heterocycles. The van der Waals surface area contributed by atoms with Crippen molar-refractivity contribution in [2.24, 2.45) is 0 Å². The highest BCUT2D eigenvalue weighted by Gasteiger charge is 2.04. The van der Waals surface area contributed by atoms with Crippen LogP contribution >= 0.6 is 0 Å². The third-order valence-electron chi connectivity index (χ3n) is 0.544. The maximum atomic E-state index is 10.1. The summed E-state index contributed by atoms with van der Waals surface area (Å²) < 4.78 is 0. The first-order valence-corrected chi connectivity index (χ1v) is 2.22. The van der Waals surface area contributed by atoms with Crippen molar-refractivity contribution in [1.29, 1.82) is 0 Å². The lowest BCUT2D eigenvalue weighted by Crippen LogP contribution is -2.30. The van der Waals surface area contributed by atoms with E-state index in [0.717, 1.165) is 0 Å². The molecule has 8 heavy (non-hydrogen) atoms. The van der Waals surface area contributed by atoms with Gasteiger partial charge in [-0.3, -0.25) is 15.3 Å². The number of nitrogens with one attached hydrogen (secondary N) is 2. The van der Waals surface area contributed by atoms with Crippen LogP contribution in [0.15, 0.2) is 0 Å². The maximum Gasteiger partial charge on any atom is 0.327 e. The summed E-state index contributed by atoms with van der Waals surface area (Å²) in [6.45, 7) is 2.07. The van der Waals surface area contributed by atoms with Crippen LogP contribution < -0.4 is 11.1 Å². The Morgan fingerprint density at radius 1 is 1.62 bits per heavy atom. The van der Waals surface area contributed by atoms with Gasteiger partial charge in [-0.1, -0.05) is 0 Å². The Bertz CT molecular complexity index is 111. The van der Waals surface area contributed by atoms with Crippen LogP contribution in [0.4, 0.5) is 0 Å². The number of carbonyl (C=O) groups is 2. The van der Waals surface area contributed by atoms with E-state index in [2.05, 4.69) is 5.32 Å². The molecule has 4 heteroatoms. The molecule has 0 fully saturated rings. The molecule has 0 unspecified atom stereocenters. The largest absolute Gasteiger partial charge is 0.348 e. The topological polar surface area (TPSA) is 70.0 Å². The van der Waals surface area contributed by atoms with E-state index >= 15 is 0 Å². The van der Waals surface area contributed by atoms with Gasteiger partial charge < -0.3 is 5.32 Å². The van der Waals surface area contributed by atoms with Crippen molar-refractivity contribution in [2.75, 3.05) is 6.54 Å². The number of amides is 2. The lowest BCUT2D eigenvalue weighted by Gasteiger charge is -1.91. The highest BCUT2D eigenvalue weighted by molar-refractivity contribution is 6.34. The van der Waals surface area contributed by atoms with E-state index in [-0.39, 0.29) is 0 Å². The van der Waals surface area contributed by atoms with Gasteiger partial charge in [-0.05, 0) is 6.92 Å². The third kappa shape index (κ3) is 2.17. The van der Waals surface area contributed by atoms with Gasteiger partial charge in [0.1, 0.15) is 0 Å². The molecular formula is C4H7N2O2. The van der Waals surface area contributed by atoms with Crippen LogP contribution in [0, 0.1) is 0 Å². The summed E-state index contributed by atoms with van der Waals surface area (Å²) in [6, 6.07) is 0. The van der Waals surface area contributed by atoms with Crippen molar-refractivity contribution >= 4 is 11.8 Å². The van der Waals surface area contributed by atoms with Crippen LogP contribution in [0.2, 0.25) is 0 Å². The fourth-order valence-corrected chi connectivity index (χ4v) is 0.241. The molecule has 0 rings (SSSR count). The number of likely N-dealkylation sites (N-methyl/N-ethyl adjacent to an activating group) is 1. The monoisotopic (exact) mass is 115 g/mol. The average Bonchev–Trinajstić information content (AvgIpc) is 1.67. The van der Waals surface area contributed by atoms with Gasteiger partial charge in [0.2, 0.25) is 0 Å². The molecule has 0 spiro atoms. The fourth-order valence-electron chi connectivity index (χ4n) is 0.241. The lowest BCUT2D eigenvalue weighted by atomic mass is 10.5. The molecule has 0 saturated carbocycles. The Labute approximate surface area is 47.0 Å². The molecule has 4 nitrogen and oxygen atoms in total. The highest BCUT2D eigenvalue weighted by Crippen LogP contribution is 1.61. The molecule has 0 aliphatic carbocycles. The number of hydrogen-bond acceptors (Lipinski definition) is 2. The summed E-state index contributed by atoms with van der Waals surface area (Å²) in [5, 5.41) is 2.17. The second-order valence-corrected chi connectivity index (χ2v) is 1.19. The van der Waals surface area contributed by atoms with E-state index in [1.165, 1.54) is 0 Å². The van der Waals surface area contributed by atoms with E-state index in [1.54, 1.807) is 6.92 Å². The van der Waals surface area contributed by atoms with Crippen molar-refractivity contribution in [2.45, 2.75) is 6.92 Å². The van der Waals surface area contributed by atoms with Crippen LogP contribution in [-0.2, 0) is 9.59 Å². The van der Waals surface area contributed by atoms with Gasteiger partial charge in [0, 0.05) is 6.54 Å².